The molecule has 0 unspecified atom stereocenters. The first kappa shape index (κ1) is 19.0. The second-order valence-corrected chi connectivity index (χ2v) is 12.7. The molecular formula is C15H20N2O4S4. The van der Waals surface area contributed by atoms with Gasteiger partial charge >= 0.3 is 0 Å². The highest BCUT2D eigenvalue weighted by molar-refractivity contribution is 7.91. The number of nitrogens with zero attached hydrogens (tertiary/aromatic N) is 1. The van der Waals surface area contributed by atoms with Crippen molar-refractivity contribution >= 4 is 42.7 Å². The normalized spacial score (nSPS) is 15.8. The number of sulfonamides is 2. The number of thiophene rings is 2. The summed E-state index contributed by atoms with van der Waals surface area (Å²) in [4.78, 5) is 1.85. The minimum atomic E-state index is -3.60. The molecule has 6 nitrogen and oxygen atoms in total. The van der Waals surface area contributed by atoms with Gasteiger partial charge < -0.3 is 0 Å². The first-order chi connectivity index (χ1) is 11.7. The van der Waals surface area contributed by atoms with Crippen molar-refractivity contribution in [3.05, 3.63) is 34.0 Å². The molecule has 2 heterocycles. The van der Waals surface area contributed by atoms with Crippen LogP contribution < -0.4 is 4.72 Å². The van der Waals surface area contributed by atoms with Crippen LogP contribution in [0.4, 0.5) is 0 Å². The third-order valence-electron chi connectivity index (χ3n) is 3.84. The molecule has 0 saturated heterocycles. The summed E-state index contributed by atoms with van der Waals surface area (Å²) in [5.74, 6) is 0. The summed E-state index contributed by atoms with van der Waals surface area (Å²) in [7, 11) is -7.17. The molecule has 1 aliphatic rings. The zero-order chi connectivity index (χ0) is 18.2. The maximum atomic E-state index is 12.8. The van der Waals surface area contributed by atoms with Gasteiger partial charge in [-0.25, -0.2) is 21.6 Å². The van der Waals surface area contributed by atoms with Crippen LogP contribution in [0.25, 0.3) is 0 Å². The highest BCUT2D eigenvalue weighted by atomic mass is 32.3. The molecule has 138 valence electrons. The Morgan fingerprint density at radius 1 is 1.00 bits per heavy atom. The summed E-state index contributed by atoms with van der Waals surface area (Å²) < 4.78 is 54.7. The van der Waals surface area contributed by atoms with Gasteiger partial charge in [-0.1, -0.05) is 0 Å². The minimum absolute atomic E-state index is 0.0270. The van der Waals surface area contributed by atoms with E-state index < -0.39 is 20.0 Å². The molecule has 0 aromatic carbocycles. The molecule has 1 N–H and O–H groups in total. The van der Waals surface area contributed by atoms with Crippen molar-refractivity contribution in [3.8, 4) is 0 Å². The van der Waals surface area contributed by atoms with Crippen molar-refractivity contribution in [2.75, 3.05) is 13.1 Å². The second-order valence-electron chi connectivity index (χ2n) is 5.97. The van der Waals surface area contributed by atoms with Crippen LogP contribution in [-0.4, -0.2) is 40.3 Å². The molecule has 3 rings (SSSR count). The molecule has 0 radical (unpaired) electrons. The molecule has 2 aromatic rings. The molecule has 10 heteroatoms. The van der Waals surface area contributed by atoms with Crippen molar-refractivity contribution in [1.82, 2.24) is 9.03 Å². The lowest BCUT2D eigenvalue weighted by Crippen LogP contribution is -2.39. The number of hydrogen-bond donors (Lipinski definition) is 1. The Bertz CT molecular complexity index is 955. The fourth-order valence-corrected chi connectivity index (χ4v) is 7.89. The molecule has 1 saturated carbocycles. The maximum Gasteiger partial charge on any atom is 0.252 e. The topological polar surface area (TPSA) is 83.6 Å². The van der Waals surface area contributed by atoms with E-state index in [9.17, 15) is 16.8 Å². The lowest BCUT2D eigenvalue weighted by atomic mass is 10.5. The van der Waals surface area contributed by atoms with Crippen LogP contribution in [-0.2, 0) is 20.0 Å². The van der Waals surface area contributed by atoms with Crippen molar-refractivity contribution < 1.29 is 16.8 Å². The highest BCUT2D eigenvalue weighted by Gasteiger charge is 2.38. The average molecular weight is 421 g/mol. The van der Waals surface area contributed by atoms with E-state index in [1.54, 1.807) is 24.3 Å². The van der Waals surface area contributed by atoms with Crippen LogP contribution in [0.15, 0.2) is 32.7 Å². The fourth-order valence-electron chi connectivity index (χ4n) is 2.45. The Balaban J connectivity index is 1.69. The summed E-state index contributed by atoms with van der Waals surface area (Å²) in [6.07, 6.45) is 1.64. The average Bonchev–Trinajstić information content (AvgIpc) is 3.09. The zero-order valence-electron chi connectivity index (χ0n) is 13.9. The van der Waals surface area contributed by atoms with Crippen LogP contribution >= 0.6 is 22.7 Å². The molecule has 25 heavy (non-hydrogen) atoms. The third kappa shape index (κ3) is 4.32. The molecular weight excluding hydrogens is 400 g/mol. The van der Waals surface area contributed by atoms with Crippen molar-refractivity contribution in [3.63, 3.8) is 0 Å². The van der Waals surface area contributed by atoms with E-state index >= 15 is 0 Å². The van der Waals surface area contributed by atoms with Gasteiger partial charge in [-0.05, 0) is 51.0 Å². The van der Waals surface area contributed by atoms with Crippen LogP contribution in [0.5, 0.6) is 0 Å². The SMILES string of the molecule is Cc1ccc(S(=O)(=O)NCCN(C2CC2)S(=O)(=O)c2ccc(C)s2)s1. The van der Waals surface area contributed by atoms with Gasteiger partial charge in [0.2, 0.25) is 10.0 Å². The van der Waals surface area contributed by atoms with Crippen LogP contribution in [0, 0.1) is 13.8 Å². The smallest absolute Gasteiger partial charge is 0.209 e. The Morgan fingerprint density at radius 2 is 1.56 bits per heavy atom. The van der Waals surface area contributed by atoms with E-state index in [4.69, 9.17) is 0 Å². The third-order valence-corrected chi connectivity index (χ3v) is 10.2. The van der Waals surface area contributed by atoms with E-state index in [1.165, 1.54) is 27.0 Å². The standard InChI is InChI=1S/C15H20N2O4S4/c1-11-3-7-14(22-11)24(18,19)16-9-10-17(13-5-6-13)25(20,21)15-8-4-12(2)23-15/h3-4,7-8,13,16H,5-6,9-10H2,1-2H3. The fraction of sp³-hybridized carbons (Fsp3) is 0.467. The molecule has 1 aliphatic carbocycles. The summed E-state index contributed by atoms with van der Waals surface area (Å²) in [6, 6.07) is 6.68. The summed E-state index contributed by atoms with van der Waals surface area (Å²) in [5, 5.41) is 0. The number of aryl methyl sites for hydroxylation is 2. The van der Waals surface area contributed by atoms with Gasteiger partial charge in [0.15, 0.2) is 0 Å². The van der Waals surface area contributed by atoms with Gasteiger partial charge in [0.25, 0.3) is 10.0 Å². The minimum Gasteiger partial charge on any atom is -0.209 e. The predicted molar refractivity (Wildman–Crippen MR) is 100 cm³/mol. The van der Waals surface area contributed by atoms with E-state index in [1.807, 2.05) is 13.8 Å². The largest absolute Gasteiger partial charge is 0.252 e. The lowest BCUT2D eigenvalue weighted by Gasteiger charge is -2.21. The van der Waals surface area contributed by atoms with E-state index in [-0.39, 0.29) is 23.3 Å². The molecule has 0 aliphatic heterocycles. The maximum absolute atomic E-state index is 12.8. The van der Waals surface area contributed by atoms with Gasteiger partial charge in [-0.3, -0.25) is 0 Å². The lowest BCUT2D eigenvalue weighted by molar-refractivity contribution is 0.407. The van der Waals surface area contributed by atoms with Gasteiger partial charge in [0, 0.05) is 28.9 Å². The highest BCUT2D eigenvalue weighted by Crippen LogP contribution is 2.34. The van der Waals surface area contributed by atoms with Gasteiger partial charge in [-0.15, -0.1) is 22.7 Å². The van der Waals surface area contributed by atoms with Gasteiger partial charge in [-0.2, -0.15) is 4.31 Å². The molecule has 0 spiro atoms. The van der Waals surface area contributed by atoms with Gasteiger partial charge in [0.05, 0.1) is 0 Å². The van der Waals surface area contributed by atoms with Crippen molar-refractivity contribution in [1.29, 1.82) is 0 Å². The quantitative estimate of drug-likeness (QED) is 0.711. The summed E-state index contributed by atoms with van der Waals surface area (Å²) >= 11 is 2.44. The number of rotatable bonds is 8. The number of nitrogens with one attached hydrogen (secondary N) is 1. The Kier molecular flexibility index (Phi) is 5.38. The predicted octanol–water partition coefficient (Wildman–Crippen LogP) is 2.56. The Labute approximate surface area is 156 Å². The number of hydrogen-bond acceptors (Lipinski definition) is 6. The first-order valence-corrected chi connectivity index (χ1v) is 12.4. The Morgan fingerprint density at radius 3 is 2.04 bits per heavy atom. The van der Waals surface area contributed by atoms with Crippen LogP contribution in [0.1, 0.15) is 22.6 Å². The molecule has 0 amide bonds. The second kappa shape index (κ2) is 7.09. The zero-order valence-corrected chi connectivity index (χ0v) is 17.2. The van der Waals surface area contributed by atoms with Crippen LogP contribution in [0.2, 0.25) is 0 Å². The van der Waals surface area contributed by atoms with Crippen molar-refractivity contribution in [2.45, 2.75) is 41.1 Å². The molecule has 0 bridgehead atoms. The van der Waals surface area contributed by atoms with E-state index in [2.05, 4.69) is 4.72 Å². The first-order valence-electron chi connectivity index (χ1n) is 7.84. The monoisotopic (exact) mass is 420 g/mol. The van der Waals surface area contributed by atoms with E-state index in [0.717, 1.165) is 22.6 Å². The van der Waals surface area contributed by atoms with Crippen LogP contribution in [0.3, 0.4) is 0 Å². The Hall–Kier alpha value is -0.780. The molecule has 0 atom stereocenters. The molecule has 1 fully saturated rings. The van der Waals surface area contributed by atoms with Gasteiger partial charge in [0.1, 0.15) is 8.42 Å². The van der Waals surface area contributed by atoms with E-state index in [0.29, 0.717) is 4.21 Å². The molecule has 2 aromatic heterocycles. The summed E-state index contributed by atoms with van der Waals surface area (Å²) in [6.45, 7) is 3.89. The summed E-state index contributed by atoms with van der Waals surface area (Å²) in [5.41, 5.74) is 0. The van der Waals surface area contributed by atoms with Crippen molar-refractivity contribution in [2.24, 2.45) is 0 Å².